The second-order valence-corrected chi connectivity index (χ2v) is 6.58. The first-order valence-electron chi connectivity index (χ1n) is 7.94. The Labute approximate surface area is 129 Å². The van der Waals surface area contributed by atoms with Crippen LogP contribution in [-0.4, -0.2) is 31.2 Å². The lowest BCUT2D eigenvalue weighted by Gasteiger charge is -2.45. The third-order valence-electron chi connectivity index (χ3n) is 5.01. The number of rotatable bonds is 2. The van der Waals surface area contributed by atoms with Crippen molar-refractivity contribution in [3.05, 3.63) is 35.4 Å². The number of hydrogen-bond acceptors (Lipinski definition) is 2. The highest BCUT2D eigenvalue weighted by molar-refractivity contribution is 5.29. The van der Waals surface area contributed by atoms with Crippen LogP contribution in [0, 0.1) is 5.41 Å². The molecule has 0 saturated carbocycles. The first kappa shape index (κ1) is 15.8. The monoisotopic (exact) mass is 313 g/mol. The maximum atomic E-state index is 13.1. The highest BCUT2D eigenvalue weighted by Gasteiger charge is 2.38. The van der Waals surface area contributed by atoms with Crippen LogP contribution < -0.4 is 0 Å². The summed E-state index contributed by atoms with van der Waals surface area (Å²) in [6, 6.07) is 5.94. The molecule has 0 aliphatic carbocycles. The van der Waals surface area contributed by atoms with Crippen LogP contribution in [-0.2, 0) is 17.5 Å². The summed E-state index contributed by atoms with van der Waals surface area (Å²) in [5.74, 6) is 0. The highest BCUT2D eigenvalue weighted by Crippen LogP contribution is 2.40. The lowest BCUT2D eigenvalue weighted by Crippen LogP contribution is -2.45. The van der Waals surface area contributed by atoms with Crippen LogP contribution >= 0.6 is 0 Å². The first-order valence-corrected chi connectivity index (χ1v) is 7.94. The molecule has 2 nitrogen and oxygen atoms in total. The van der Waals surface area contributed by atoms with Gasteiger partial charge in [0.15, 0.2) is 0 Å². The fourth-order valence-corrected chi connectivity index (χ4v) is 3.83. The number of ether oxygens (including phenoxy) is 1. The van der Waals surface area contributed by atoms with Gasteiger partial charge in [-0.2, -0.15) is 13.2 Å². The number of piperidine rings is 1. The SMILES string of the molecule is FC(F)(F)c1ccccc1CN1CCCC2(CCOCC2)C1. The van der Waals surface area contributed by atoms with Crippen molar-refractivity contribution in [2.75, 3.05) is 26.3 Å². The van der Waals surface area contributed by atoms with Gasteiger partial charge in [0.1, 0.15) is 0 Å². The maximum absolute atomic E-state index is 13.1. The lowest BCUT2D eigenvalue weighted by atomic mass is 9.74. The number of likely N-dealkylation sites (tertiary alicyclic amines) is 1. The molecule has 2 fully saturated rings. The minimum absolute atomic E-state index is 0.254. The van der Waals surface area contributed by atoms with Crippen molar-refractivity contribution in [2.24, 2.45) is 5.41 Å². The van der Waals surface area contributed by atoms with Crippen LogP contribution in [0.3, 0.4) is 0 Å². The molecule has 2 heterocycles. The van der Waals surface area contributed by atoms with Crippen molar-refractivity contribution < 1.29 is 17.9 Å². The van der Waals surface area contributed by atoms with Gasteiger partial charge in [0.2, 0.25) is 0 Å². The average Bonchev–Trinajstić information content (AvgIpc) is 2.47. The zero-order chi connectivity index (χ0) is 15.6. The van der Waals surface area contributed by atoms with E-state index in [1.165, 1.54) is 18.6 Å². The highest BCUT2D eigenvalue weighted by atomic mass is 19.4. The standard InChI is InChI=1S/C17H22F3NO/c18-17(19,20)15-5-2-1-4-14(15)12-21-9-3-6-16(13-21)7-10-22-11-8-16/h1-2,4-5H,3,6-13H2. The molecule has 1 aromatic carbocycles. The average molecular weight is 313 g/mol. The Kier molecular flexibility index (Phi) is 4.46. The Bertz CT molecular complexity index is 503. The molecule has 2 saturated heterocycles. The lowest BCUT2D eigenvalue weighted by molar-refractivity contribution is -0.138. The molecule has 1 aromatic rings. The summed E-state index contributed by atoms with van der Waals surface area (Å²) in [6.07, 6.45) is 0.0273. The topological polar surface area (TPSA) is 12.5 Å². The van der Waals surface area contributed by atoms with Crippen LogP contribution in [0.15, 0.2) is 24.3 Å². The summed E-state index contributed by atoms with van der Waals surface area (Å²) in [5.41, 5.74) is 0.143. The number of benzene rings is 1. The van der Waals surface area contributed by atoms with E-state index < -0.39 is 11.7 Å². The molecule has 2 aliphatic rings. The zero-order valence-corrected chi connectivity index (χ0v) is 12.7. The van der Waals surface area contributed by atoms with E-state index in [0.717, 1.165) is 45.6 Å². The zero-order valence-electron chi connectivity index (χ0n) is 12.7. The van der Waals surface area contributed by atoms with Crippen molar-refractivity contribution >= 4 is 0 Å². The van der Waals surface area contributed by atoms with Gasteiger partial charge in [-0.3, -0.25) is 4.90 Å². The second-order valence-electron chi connectivity index (χ2n) is 6.58. The molecule has 0 aromatic heterocycles. The summed E-state index contributed by atoms with van der Waals surface area (Å²) >= 11 is 0. The molecule has 0 N–H and O–H groups in total. The van der Waals surface area contributed by atoms with Crippen molar-refractivity contribution in [2.45, 2.75) is 38.4 Å². The molecule has 0 unspecified atom stereocenters. The summed E-state index contributed by atoms with van der Waals surface area (Å²) in [5, 5.41) is 0. The van der Waals surface area contributed by atoms with E-state index in [9.17, 15) is 13.2 Å². The van der Waals surface area contributed by atoms with Crippen LogP contribution in [0.4, 0.5) is 13.2 Å². The predicted octanol–water partition coefficient (Wildman–Crippen LogP) is 4.10. The predicted molar refractivity (Wildman–Crippen MR) is 78.4 cm³/mol. The summed E-state index contributed by atoms with van der Waals surface area (Å²) < 4.78 is 44.8. The maximum Gasteiger partial charge on any atom is 0.416 e. The summed E-state index contributed by atoms with van der Waals surface area (Å²) in [4.78, 5) is 2.19. The van der Waals surface area contributed by atoms with Gasteiger partial charge in [-0.15, -0.1) is 0 Å². The Morgan fingerprint density at radius 3 is 2.55 bits per heavy atom. The number of alkyl halides is 3. The van der Waals surface area contributed by atoms with E-state index in [2.05, 4.69) is 4.90 Å². The van der Waals surface area contributed by atoms with Crippen LogP contribution in [0.5, 0.6) is 0 Å². The molecule has 3 rings (SSSR count). The molecular weight excluding hydrogens is 291 g/mol. The van der Waals surface area contributed by atoms with E-state index in [-0.39, 0.29) is 5.41 Å². The second kappa shape index (κ2) is 6.20. The van der Waals surface area contributed by atoms with Crippen molar-refractivity contribution in [1.82, 2.24) is 4.90 Å². The minimum atomic E-state index is -4.28. The smallest absolute Gasteiger partial charge is 0.381 e. The number of hydrogen-bond donors (Lipinski definition) is 0. The van der Waals surface area contributed by atoms with Gasteiger partial charge in [-0.05, 0) is 49.3 Å². The fraction of sp³-hybridized carbons (Fsp3) is 0.647. The van der Waals surface area contributed by atoms with Gasteiger partial charge in [0.25, 0.3) is 0 Å². The normalized spacial score (nSPS) is 22.9. The molecule has 122 valence electrons. The fourth-order valence-electron chi connectivity index (χ4n) is 3.83. The molecule has 22 heavy (non-hydrogen) atoms. The Morgan fingerprint density at radius 2 is 1.82 bits per heavy atom. The van der Waals surface area contributed by atoms with E-state index in [0.29, 0.717) is 12.1 Å². The van der Waals surface area contributed by atoms with Crippen molar-refractivity contribution in [1.29, 1.82) is 0 Å². The van der Waals surface area contributed by atoms with Crippen molar-refractivity contribution in [3.63, 3.8) is 0 Å². The Morgan fingerprint density at radius 1 is 1.09 bits per heavy atom. The molecule has 5 heteroatoms. The third-order valence-corrected chi connectivity index (χ3v) is 5.01. The summed E-state index contributed by atoms with van der Waals surface area (Å²) in [6.45, 7) is 3.73. The van der Waals surface area contributed by atoms with E-state index in [1.807, 2.05) is 0 Å². The van der Waals surface area contributed by atoms with Crippen LogP contribution in [0.1, 0.15) is 36.8 Å². The van der Waals surface area contributed by atoms with Crippen LogP contribution in [0.2, 0.25) is 0 Å². The van der Waals surface area contributed by atoms with Gasteiger partial charge < -0.3 is 4.74 Å². The molecule has 1 spiro atoms. The number of nitrogens with zero attached hydrogens (tertiary/aromatic N) is 1. The van der Waals surface area contributed by atoms with E-state index in [4.69, 9.17) is 4.74 Å². The van der Waals surface area contributed by atoms with Gasteiger partial charge in [0, 0.05) is 26.3 Å². The molecule has 0 atom stereocenters. The van der Waals surface area contributed by atoms with Gasteiger partial charge in [-0.25, -0.2) is 0 Å². The molecular formula is C17H22F3NO. The van der Waals surface area contributed by atoms with Crippen LogP contribution in [0.25, 0.3) is 0 Å². The first-order chi connectivity index (χ1) is 10.5. The molecule has 0 radical (unpaired) electrons. The quantitative estimate of drug-likeness (QED) is 0.815. The Balaban J connectivity index is 1.73. The van der Waals surface area contributed by atoms with E-state index >= 15 is 0 Å². The molecule has 2 aliphatic heterocycles. The van der Waals surface area contributed by atoms with Gasteiger partial charge >= 0.3 is 6.18 Å². The van der Waals surface area contributed by atoms with Gasteiger partial charge in [-0.1, -0.05) is 18.2 Å². The van der Waals surface area contributed by atoms with Crippen molar-refractivity contribution in [3.8, 4) is 0 Å². The van der Waals surface area contributed by atoms with E-state index in [1.54, 1.807) is 12.1 Å². The van der Waals surface area contributed by atoms with Gasteiger partial charge in [0.05, 0.1) is 5.56 Å². The largest absolute Gasteiger partial charge is 0.416 e. The third kappa shape index (κ3) is 3.46. The minimum Gasteiger partial charge on any atom is -0.381 e. The molecule has 0 bridgehead atoms. The number of halogens is 3. The summed E-state index contributed by atoms with van der Waals surface area (Å²) in [7, 11) is 0. The molecule has 0 amide bonds. The Hall–Kier alpha value is -1.07.